The summed E-state index contributed by atoms with van der Waals surface area (Å²) < 4.78 is 0. The van der Waals surface area contributed by atoms with Gasteiger partial charge in [0.2, 0.25) is 0 Å². The highest BCUT2D eigenvalue weighted by Crippen LogP contribution is 2.62. The monoisotopic (exact) mass is 269 g/mol. The molecule has 0 heterocycles. The van der Waals surface area contributed by atoms with Crippen molar-refractivity contribution in [3.63, 3.8) is 0 Å². The Bertz CT molecular complexity index is 476. The minimum atomic E-state index is 0.784. The summed E-state index contributed by atoms with van der Waals surface area (Å²) in [6.45, 7) is 3.41. The Kier molecular flexibility index (Phi) is 3.34. The molecule has 3 aliphatic rings. The summed E-state index contributed by atoms with van der Waals surface area (Å²) in [6, 6.07) is 10.00. The van der Waals surface area contributed by atoms with Crippen LogP contribution in [0.3, 0.4) is 0 Å². The summed E-state index contributed by atoms with van der Waals surface area (Å²) in [6.07, 6.45) is 8.63. The number of hydrogen-bond acceptors (Lipinski definition) is 1. The molecule has 0 aliphatic heterocycles. The van der Waals surface area contributed by atoms with E-state index in [2.05, 4.69) is 36.5 Å². The summed E-state index contributed by atoms with van der Waals surface area (Å²) >= 11 is 0. The van der Waals surface area contributed by atoms with Crippen molar-refractivity contribution in [2.24, 2.45) is 17.8 Å². The van der Waals surface area contributed by atoms with Crippen LogP contribution < -0.4 is 5.32 Å². The predicted molar refractivity (Wildman–Crippen MR) is 83.9 cm³/mol. The fourth-order valence-corrected chi connectivity index (χ4v) is 4.89. The summed E-state index contributed by atoms with van der Waals surface area (Å²) in [4.78, 5) is 0. The lowest BCUT2D eigenvalue weighted by atomic mass is 9.79. The number of fused-ring (bicyclic) bond motifs is 3. The van der Waals surface area contributed by atoms with Gasteiger partial charge in [0.1, 0.15) is 0 Å². The number of rotatable bonds is 5. The van der Waals surface area contributed by atoms with E-state index in [1.165, 1.54) is 38.5 Å². The quantitative estimate of drug-likeness (QED) is 0.847. The zero-order chi connectivity index (χ0) is 13.5. The van der Waals surface area contributed by atoms with Gasteiger partial charge in [-0.15, -0.1) is 0 Å². The lowest BCUT2D eigenvalue weighted by molar-refractivity contribution is 0.245. The molecule has 2 saturated carbocycles. The molecular weight excluding hydrogens is 242 g/mol. The van der Waals surface area contributed by atoms with Crippen LogP contribution in [0.25, 0.3) is 0 Å². The van der Waals surface area contributed by atoms with Gasteiger partial charge in [0, 0.05) is 6.04 Å². The number of hydrogen-bond donors (Lipinski definition) is 1. The van der Waals surface area contributed by atoms with Crippen molar-refractivity contribution in [1.29, 1.82) is 0 Å². The summed E-state index contributed by atoms with van der Waals surface area (Å²) in [7, 11) is 0. The third-order valence-electron chi connectivity index (χ3n) is 6.13. The van der Waals surface area contributed by atoms with Crippen molar-refractivity contribution in [1.82, 2.24) is 5.32 Å². The van der Waals surface area contributed by atoms with Gasteiger partial charge in [-0.3, -0.25) is 0 Å². The molecule has 1 aromatic rings. The molecule has 4 atom stereocenters. The van der Waals surface area contributed by atoms with Crippen molar-refractivity contribution >= 4 is 0 Å². The number of aryl methyl sites for hydroxylation is 1. The van der Waals surface area contributed by atoms with Crippen LogP contribution >= 0.6 is 0 Å². The molecular formula is C19H27N. The second-order valence-electron chi connectivity index (χ2n) is 7.20. The van der Waals surface area contributed by atoms with Crippen LogP contribution in [0.2, 0.25) is 0 Å². The van der Waals surface area contributed by atoms with E-state index in [1.807, 2.05) is 0 Å². The van der Waals surface area contributed by atoms with Crippen LogP contribution in [0.1, 0.15) is 56.1 Å². The molecule has 1 N–H and O–H groups in total. The van der Waals surface area contributed by atoms with Gasteiger partial charge in [0.25, 0.3) is 0 Å². The molecule has 1 nitrogen and oxygen atoms in total. The fraction of sp³-hybridized carbons (Fsp3) is 0.684. The number of nitrogens with one attached hydrogen (secondary N) is 1. The van der Waals surface area contributed by atoms with Crippen molar-refractivity contribution in [2.75, 3.05) is 6.54 Å². The first-order valence-corrected chi connectivity index (χ1v) is 8.69. The lowest BCUT2D eigenvalue weighted by Gasteiger charge is -2.30. The van der Waals surface area contributed by atoms with E-state index in [0.717, 1.165) is 36.3 Å². The highest BCUT2D eigenvalue weighted by molar-refractivity contribution is 5.40. The van der Waals surface area contributed by atoms with Crippen LogP contribution in [0.15, 0.2) is 24.3 Å². The molecule has 20 heavy (non-hydrogen) atoms. The zero-order valence-electron chi connectivity index (χ0n) is 12.6. The normalized spacial score (nSPS) is 33.0. The van der Waals surface area contributed by atoms with E-state index in [-0.39, 0.29) is 0 Å². The summed E-state index contributed by atoms with van der Waals surface area (Å²) in [5, 5.41) is 3.83. The van der Waals surface area contributed by atoms with Crippen LogP contribution in [0.5, 0.6) is 0 Å². The van der Waals surface area contributed by atoms with Gasteiger partial charge in [-0.05, 0) is 60.6 Å². The molecule has 0 bridgehead atoms. The van der Waals surface area contributed by atoms with E-state index in [1.54, 1.807) is 11.1 Å². The van der Waals surface area contributed by atoms with Crippen molar-refractivity contribution in [2.45, 2.75) is 57.4 Å². The maximum atomic E-state index is 3.83. The molecule has 0 spiro atoms. The largest absolute Gasteiger partial charge is 0.314 e. The lowest BCUT2D eigenvalue weighted by Crippen LogP contribution is -2.35. The molecule has 0 aromatic heterocycles. The Morgan fingerprint density at radius 1 is 1.20 bits per heavy atom. The van der Waals surface area contributed by atoms with Gasteiger partial charge >= 0.3 is 0 Å². The molecule has 4 unspecified atom stereocenters. The van der Waals surface area contributed by atoms with Crippen molar-refractivity contribution in [3.05, 3.63) is 35.4 Å². The smallest absolute Gasteiger partial charge is 0.0107 e. The Balaban J connectivity index is 1.51. The third kappa shape index (κ3) is 2.11. The van der Waals surface area contributed by atoms with Gasteiger partial charge < -0.3 is 5.32 Å². The van der Waals surface area contributed by atoms with Gasteiger partial charge in [0.05, 0.1) is 0 Å². The molecule has 108 valence electrons. The van der Waals surface area contributed by atoms with Crippen molar-refractivity contribution in [3.8, 4) is 0 Å². The topological polar surface area (TPSA) is 12.0 Å². The first kappa shape index (κ1) is 12.9. The molecule has 4 rings (SSSR count). The minimum Gasteiger partial charge on any atom is -0.314 e. The fourth-order valence-electron chi connectivity index (χ4n) is 4.89. The van der Waals surface area contributed by atoms with Gasteiger partial charge in [-0.1, -0.05) is 50.5 Å². The molecule has 2 fully saturated rings. The van der Waals surface area contributed by atoms with Crippen LogP contribution in [0, 0.1) is 17.8 Å². The molecule has 1 aromatic carbocycles. The Hall–Kier alpha value is -0.820. The van der Waals surface area contributed by atoms with E-state index in [0.29, 0.717) is 0 Å². The molecule has 3 aliphatic carbocycles. The molecule has 1 heteroatoms. The molecule has 0 saturated heterocycles. The van der Waals surface area contributed by atoms with E-state index in [9.17, 15) is 0 Å². The average Bonchev–Trinajstić information content (AvgIpc) is 3.16. The van der Waals surface area contributed by atoms with Gasteiger partial charge in [-0.2, -0.15) is 0 Å². The Morgan fingerprint density at radius 2 is 2.05 bits per heavy atom. The van der Waals surface area contributed by atoms with Crippen LogP contribution in [-0.4, -0.2) is 12.6 Å². The second-order valence-corrected chi connectivity index (χ2v) is 7.20. The summed E-state index contributed by atoms with van der Waals surface area (Å²) in [5.74, 6) is 3.81. The van der Waals surface area contributed by atoms with E-state index >= 15 is 0 Å². The zero-order valence-corrected chi connectivity index (χ0v) is 12.6. The van der Waals surface area contributed by atoms with Crippen molar-refractivity contribution < 1.29 is 0 Å². The van der Waals surface area contributed by atoms with Crippen LogP contribution in [0.4, 0.5) is 0 Å². The average molecular weight is 269 g/mol. The van der Waals surface area contributed by atoms with Gasteiger partial charge in [0.15, 0.2) is 0 Å². The second kappa shape index (κ2) is 5.18. The maximum absolute atomic E-state index is 3.83. The first-order valence-electron chi connectivity index (χ1n) is 8.69. The highest BCUT2D eigenvalue weighted by atomic mass is 14.9. The maximum Gasteiger partial charge on any atom is 0.0107 e. The SMILES string of the molecule is CCNC(CC1CCC1)C1C2CCc3ccccc3C21. The third-order valence-corrected chi connectivity index (χ3v) is 6.13. The number of benzene rings is 1. The Labute approximate surface area is 123 Å². The highest BCUT2D eigenvalue weighted by Gasteiger charge is 2.56. The van der Waals surface area contributed by atoms with Gasteiger partial charge in [-0.25, -0.2) is 0 Å². The van der Waals surface area contributed by atoms with Crippen LogP contribution in [-0.2, 0) is 6.42 Å². The standard InChI is InChI=1S/C19H27N/c1-2-20-17(12-13-6-5-7-13)19-16-11-10-14-8-3-4-9-15(14)18(16)19/h3-4,8-9,13,16-20H,2,5-7,10-12H2,1H3. The minimum absolute atomic E-state index is 0.784. The van der Waals surface area contributed by atoms with E-state index in [4.69, 9.17) is 0 Å². The first-order chi connectivity index (χ1) is 9.88. The molecule has 0 radical (unpaired) electrons. The van der Waals surface area contributed by atoms with E-state index < -0.39 is 0 Å². The Morgan fingerprint density at radius 3 is 2.80 bits per heavy atom. The predicted octanol–water partition coefficient (Wildman–Crippen LogP) is 4.13. The summed E-state index contributed by atoms with van der Waals surface area (Å²) in [5.41, 5.74) is 3.32. The molecule has 0 amide bonds.